The lowest BCUT2D eigenvalue weighted by Gasteiger charge is -1.98. The molecule has 3 rings (SSSR count). The zero-order valence-corrected chi connectivity index (χ0v) is 11.1. The molecule has 0 aliphatic rings. The fraction of sp³-hybridized carbons (Fsp3) is 0. The third-order valence-corrected chi connectivity index (χ3v) is 3.60. The maximum atomic E-state index is 13.7. The van der Waals surface area contributed by atoms with Crippen molar-refractivity contribution in [2.75, 3.05) is 0 Å². The second-order valence-electron chi connectivity index (χ2n) is 4.06. The van der Waals surface area contributed by atoms with Gasteiger partial charge in [-0.3, -0.25) is 4.98 Å². The van der Waals surface area contributed by atoms with Gasteiger partial charge < -0.3 is 0 Å². The average molecular weight is 281 g/mol. The van der Waals surface area contributed by atoms with Crippen LogP contribution in [0.5, 0.6) is 0 Å². The van der Waals surface area contributed by atoms with Crippen LogP contribution in [-0.2, 0) is 0 Å². The van der Waals surface area contributed by atoms with E-state index < -0.39 is 0 Å². The molecule has 0 unspecified atom stereocenters. The molecule has 5 heteroatoms. The van der Waals surface area contributed by atoms with Gasteiger partial charge in [-0.2, -0.15) is 5.26 Å². The highest BCUT2D eigenvalue weighted by atomic mass is 32.1. The molecule has 0 radical (unpaired) electrons. The number of pyridine rings is 1. The van der Waals surface area contributed by atoms with Crippen molar-refractivity contribution in [2.45, 2.75) is 0 Å². The van der Waals surface area contributed by atoms with Crippen LogP contribution >= 0.6 is 11.3 Å². The number of benzene rings is 1. The number of hydrogen-bond acceptors (Lipinski definition) is 4. The van der Waals surface area contributed by atoms with Crippen LogP contribution in [0.2, 0.25) is 0 Å². The van der Waals surface area contributed by atoms with E-state index in [0.29, 0.717) is 16.3 Å². The molecule has 0 atom stereocenters. The molecule has 3 aromatic rings. The van der Waals surface area contributed by atoms with Crippen LogP contribution < -0.4 is 0 Å². The summed E-state index contributed by atoms with van der Waals surface area (Å²) in [6.07, 6.45) is 1.54. The van der Waals surface area contributed by atoms with Crippen molar-refractivity contribution in [2.24, 2.45) is 0 Å². The molecule has 0 bridgehead atoms. The monoisotopic (exact) mass is 281 g/mol. The smallest absolute Gasteiger partial charge is 0.151 e. The molecular formula is C15H8FN3S. The molecule has 2 aromatic heterocycles. The molecule has 0 amide bonds. The second kappa shape index (κ2) is 5.19. The topological polar surface area (TPSA) is 49.6 Å². The van der Waals surface area contributed by atoms with Crippen LogP contribution in [0, 0.1) is 17.1 Å². The molecule has 0 N–H and O–H groups in total. The SMILES string of the molecule is N#Cc1cccc(-c2csc(-c3ncccc3F)n2)c1. The Kier molecular flexibility index (Phi) is 3.23. The summed E-state index contributed by atoms with van der Waals surface area (Å²) in [6.45, 7) is 0. The molecule has 0 spiro atoms. The Morgan fingerprint density at radius 2 is 2.10 bits per heavy atom. The quantitative estimate of drug-likeness (QED) is 0.716. The Morgan fingerprint density at radius 1 is 1.20 bits per heavy atom. The van der Waals surface area contributed by atoms with E-state index in [0.717, 1.165) is 5.56 Å². The number of nitriles is 1. The number of nitrogens with zero attached hydrogens (tertiary/aromatic N) is 3. The van der Waals surface area contributed by atoms with Gasteiger partial charge in [0, 0.05) is 17.1 Å². The third kappa shape index (κ3) is 2.29. The van der Waals surface area contributed by atoms with E-state index >= 15 is 0 Å². The summed E-state index contributed by atoms with van der Waals surface area (Å²) in [5.41, 5.74) is 2.37. The first-order chi connectivity index (χ1) is 9.78. The van der Waals surface area contributed by atoms with Gasteiger partial charge in [-0.1, -0.05) is 12.1 Å². The Balaban J connectivity index is 2.02. The van der Waals surface area contributed by atoms with E-state index in [1.165, 1.54) is 23.6 Å². The summed E-state index contributed by atoms with van der Waals surface area (Å²) < 4.78 is 13.7. The lowest BCUT2D eigenvalue weighted by Crippen LogP contribution is -1.87. The summed E-state index contributed by atoms with van der Waals surface area (Å²) in [7, 11) is 0. The van der Waals surface area contributed by atoms with Crippen molar-refractivity contribution in [3.05, 3.63) is 59.4 Å². The Labute approximate surface area is 119 Å². The van der Waals surface area contributed by atoms with Gasteiger partial charge in [0.2, 0.25) is 0 Å². The van der Waals surface area contributed by atoms with Crippen molar-refractivity contribution >= 4 is 11.3 Å². The molecule has 20 heavy (non-hydrogen) atoms. The summed E-state index contributed by atoms with van der Waals surface area (Å²) in [6, 6.07) is 12.2. The molecule has 2 heterocycles. The molecule has 3 nitrogen and oxygen atoms in total. The van der Waals surface area contributed by atoms with E-state index in [1.807, 2.05) is 11.4 Å². The predicted molar refractivity (Wildman–Crippen MR) is 75.5 cm³/mol. The van der Waals surface area contributed by atoms with Crippen LogP contribution in [0.25, 0.3) is 22.0 Å². The summed E-state index contributed by atoms with van der Waals surface area (Å²) >= 11 is 1.33. The standard InChI is InChI=1S/C15H8FN3S/c16-12-5-2-6-18-14(12)15-19-13(9-20-15)11-4-1-3-10(7-11)8-17/h1-7,9H. The van der Waals surface area contributed by atoms with Crippen LogP contribution in [-0.4, -0.2) is 9.97 Å². The molecule has 0 saturated heterocycles. The van der Waals surface area contributed by atoms with Crippen molar-refractivity contribution < 1.29 is 4.39 Å². The van der Waals surface area contributed by atoms with Crippen molar-refractivity contribution in [1.29, 1.82) is 5.26 Å². The van der Waals surface area contributed by atoms with Crippen molar-refractivity contribution in [3.63, 3.8) is 0 Å². The summed E-state index contributed by atoms with van der Waals surface area (Å²) in [4.78, 5) is 8.40. The van der Waals surface area contributed by atoms with Gasteiger partial charge in [-0.05, 0) is 24.3 Å². The van der Waals surface area contributed by atoms with Crippen LogP contribution in [0.3, 0.4) is 0 Å². The Hall–Kier alpha value is -2.58. The molecular weight excluding hydrogens is 273 g/mol. The molecule has 0 fully saturated rings. The lowest BCUT2D eigenvalue weighted by atomic mass is 10.1. The van der Waals surface area contributed by atoms with Gasteiger partial charge in [-0.25, -0.2) is 9.37 Å². The van der Waals surface area contributed by atoms with Crippen molar-refractivity contribution in [1.82, 2.24) is 9.97 Å². The minimum atomic E-state index is -0.390. The molecule has 1 aromatic carbocycles. The highest BCUT2D eigenvalue weighted by Crippen LogP contribution is 2.29. The highest BCUT2D eigenvalue weighted by molar-refractivity contribution is 7.13. The molecule has 0 aliphatic carbocycles. The maximum Gasteiger partial charge on any atom is 0.151 e. The number of aromatic nitrogens is 2. The Morgan fingerprint density at radius 3 is 2.90 bits per heavy atom. The third-order valence-electron chi connectivity index (χ3n) is 2.75. The van der Waals surface area contributed by atoms with E-state index in [2.05, 4.69) is 16.0 Å². The number of hydrogen-bond donors (Lipinski definition) is 0. The summed E-state index contributed by atoms with van der Waals surface area (Å²) in [5.74, 6) is -0.390. The number of halogens is 1. The number of rotatable bonds is 2. The summed E-state index contributed by atoms with van der Waals surface area (Å²) in [5, 5.41) is 11.3. The highest BCUT2D eigenvalue weighted by Gasteiger charge is 2.11. The normalized spacial score (nSPS) is 10.2. The predicted octanol–water partition coefficient (Wildman–Crippen LogP) is 3.88. The fourth-order valence-corrected chi connectivity index (χ4v) is 2.63. The first-order valence-corrected chi connectivity index (χ1v) is 6.73. The van der Waals surface area contributed by atoms with Gasteiger partial charge in [-0.15, -0.1) is 11.3 Å². The van der Waals surface area contributed by atoms with Gasteiger partial charge in [0.15, 0.2) is 5.82 Å². The second-order valence-corrected chi connectivity index (χ2v) is 4.92. The lowest BCUT2D eigenvalue weighted by molar-refractivity contribution is 0.625. The Bertz CT molecular complexity index is 805. The zero-order chi connectivity index (χ0) is 13.9. The first-order valence-electron chi connectivity index (χ1n) is 5.85. The minimum Gasteiger partial charge on any atom is -0.251 e. The molecule has 0 aliphatic heterocycles. The van der Waals surface area contributed by atoms with Gasteiger partial charge >= 0.3 is 0 Å². The maximum absolute atomic E-state index is 13.7. The van der Waals surface area contributed by atoms with Gasteiger partial charge in [0.1, 0.15) is 10.7 Å². The molecule has 96 valence electrons. The fourth-order valence-electron chi connectivity index (χ4n) is 1.81. The van der Waals surface area contributed by atoms with E-state index in [9.17, 15) is 4.39 Å². The van der Waals surface area contributed by atoms with E-state index in [-0.39, 0.29) is 11.5 Å². The van der Waals surface area contributed by atoms with E-state index in [4.69, 9.17) is 5.26 Å². The minimum absolute atomic E-state index is 0.250. The number of thiazole rings is 1. The molecule has 0 saturated carbocycles. The van der Waals surface area contributed by atoms with Crippen LogP contribution in [0.4, 0.5) is 4.39 Å². The van der Waals surface area contributed by atoms with Gasteiger partial charge in [0.25, 0.3) is 0 Å². The van der Waals surface area contributed by atoms with Crippen molar-refractivity contribution in [3.8, 4) is 28.0 Å². The van der Waals surface area contributed by atoms with Crippen LogP contribution in [0.1, 0.15) is 5.56 Å². The van der Waals surface area contributed by atoms with Gasteiger partial charge in [0.05, 0.1) is 17.3 Å². The van der Waals surface area contributed by atoms with E-state index in [1.54, 1.807) is 24.3 Å². The first kappa shape index (κ1) is 12.5. The largest absolute Gasteiger partial charge is 0.251 e. The average Bonchev–Trinajstić information content (AvgIpc) is 2.97. The van der Waals surface area contributed by atoms with Crippen LogP contribution in [0.15, 0.2) is 48.0 Å². The zero-order valence-electron chi connectivity index (χ0n) is 10.2.